The van der Waals surface area contributed by atoms with Crippen molar-refractivity contribution >= 4 is 21.6 Å². The second-order valence-electron chi connectivity index (χ2n) is 3.70. The highest BCUT2D eigenvalue weighted by molar-refractivity contribution is 9.10. The minimum atomic E-state index is -0.658. The van der Waals surface area contributed by atoms with Crippen LogP contribution in [-0.4, -0.2) is 7.11 Å². The van der Waals surface area contributed by atoms with Crippen LogP contribution in [0.1, 0.15) is 0 Å². The zero-order chi connectivity index (χ0) is 14.0. The van der Waals surface area contributed by atoms with Crippen LogP contribution < -0.4 is 15.2 Å². The molecule has 0 unspecified atom stereocenters. The summed E-state index contributed by atoms with van der Waals surface area (Å²) in [5.41, 5.74) is 5.72. The van der Waals surface area contributed by atoms with Gasteiger partial charge in [0.15, 0.2) is 11.6 Å². The van der Waals surface area contributed by atoms with Gasteiger partial charge in [-0.3, -0.25) is 0 Å². The second-order valence-corrected chi connectivity index (χ2v) is 4.56. The van der Waals surface area contributed by atoms with Gasteiger partial charge in [-0.2, -0.15) is 0 Å². The molecule has 0 aliphatic carbocycles. The van der Waals surface area contributed by atoms with E-state index in [9.17, 15) is 8.78 Å². The van der Waals surface area contributed by atoms with Crippen LogP contribution >= 0.6 is 15.9 Å². The van der Waals surface area contributed by atoms with E-state index in [1.54, 1.807) is 0 Å². The summed E-state index contributed by atoms with van der Waals surface area (Å²) in [6.07, 6.45) is 0. The third kappa shape index (κ3) is 2.96. The molecule has 0 atom stereocenters. The fourth-order valence-corrected chi connectivity index (χ4v) is 1.81. The molecule has 0 aromatic heterocycles. The minimum Gasteiger partial charge on any atom is -0.494 e. The molecule has 2 N–H and O–H groups in total. The molecule has 0 saturated carbocycles. The van der Waals surface area contributed by atoms with Crippen molar-refractivity contribution in [2.24, 2.45) is 0 Å². The van der Waals surface area contributed by atoms with E-state index in [1.807, 2.05) is 0 Å². The van der Waals surface area contributed by atoms with Gasteiger partial charge in [-0.15, -0.1) is 0 Å². The first-order valence-electron chi connectivity index (χ1n) is 5.27. The highest BCUT2D eigenvalue weighted by atomic mass is 79.9. The Labute approximate surface area is 117 Å². The Morgan fingerprint density at radius 1 is 1.05 bits per heavy atom. The predicted octanol–water partition coefficient (Wildman–Crippen LogP) is 4.11. The average molecular weight is 330 g/mol. The average Bonchev–Trinajstić information content (AvgIpc) is 2.37. The Kier molecular flexibility index (Phi) is 3.90. The Morgan fingerprint density at radius 2 is 1.79 bits per heavy atom. The molecular weight excluding hydrogens is 320 g/mol. The van der Waals surface area contributed by atoms with E-state index in [2.05, 4.69) is 15.9 Å². The number of hydrogen-bond donors (Lipinski definition) is 1. The Balaban J connectivity index is 2.40. The van der Waals surface area contributed by atoms with Gasteiger partial charge in [-0.25, -0.2) is 8.78 Å². The maximum absolute atomic E-state index is 13.7. The summed E-state index contributed by atoms with van der Waals surface area (Å²) in [6.45, 7) is 0. The lowest BCUT2D eigenvalue weighted by atomic mass is 10.2. The van der Waals surface area contributed by atoms with E-state index < -0.39 is 11.6 Å². The molecule has 0 radical (unpaired) electrons. The molecular formula is C13H10BrF2NO2. The van der Waals surface area contributed by atoms with Gasteiger partial charge in [-0.1, -0.05) is 0 Å². The van der Waals surface area contributed by atoms with E-state index in [1.165, 1.54) is 25.3 Å². The lowest BCUT2D eigenvalue weighted by Gasteiger charge is -2.11. The number of halogens is 3. The number of ether oxygens (including phenoxy) is 2. The number of anilines is 1. The number of rotatable bonds is 3. The Morgan fingerprint density at radius 3 is 2.47 bits per heavy atom. The van der Waals surface area contributed by atoms with Gasteiger partial charge < -0.3 is 15.2 Å². The zero-order valence-electron chi connectivity index (χ0n) is 9.91. The molecule has 2 aromatic carbocycles. The largest absolute Gasteiger partial charge is 0.494 e. The summed E-state index contributed by atoms with van der Waals surface area (Å²) in [5.74, 6) is -0.803. The number of benzene rings is 2. The number of methoxy groups -OCH3 is 1. The van der Waals surface area contributed by atoms with E-state index in [0.29, 0.717) is 4.47 Å². The van der Waals surface area contributed by atoms with Gasteiger partial charge in [-0.05, 0) is 28.1 Å². The van der Waals surface area contributed by atoms with Crippen LogP contribution in [0.5, 0.6) is 17.2 Å². The van der Waals surface area contributed by atoms with Gasteiger partial charge in [0.2, 0.25) is 0 Å². The molecule has 0 heterocycles. The van der Waals surface area contributed by atoms with E-state index >= 15 is 0 Å². The monoisotopic (exact) mass is 329 g/mol. The summed E-state index contributed by atoms with van der Waals surface area (Å²) < 4.78 is 37.6. The lowest BCUT2D eigenvalue weighted by Crippen LogP contribution is -1.96. The van der Waals surface area contributed by atoms with Crippen molar-refractivity contribution in [2.45, 2.75) is 0 Å². The molecule has 0 saturated heterocycles. The zero-order valence-corrected chi connectivity index (χ0v) is 11.5. The molecule has 0 bridgehead atoms. The van der Waals surface area contributed by atoms with Crippen LogP contribution in [0, 0.1) is 11.6 Å². The number of nitrogens with two attached hydrogens (primary N) is 1. The standard InChI is InChI=1S/C13H10BrF2NO2/c1-18-13-6-12(9(16)5-10(13)17)19-11-4-7(15)2-3-8(11)14/h2-6H,17H2,1H3. The van der Waals surface area contributed by atoms with Crippen molar-refractivity contribution in [1.29, 1.82) is 0 Å². The van der Waals surface area contributed by atoms with Crippen LogP contribution in [0.2, 0.25) is 0 Å². The molecule has 3 nitrogen and oxygen atoms in total. The first-order chi connectivity index (χ1) is 9.01. The second kappa shape index (κ2) is 5.44. The Bertz CT molecular complexity index is 620. The smallest absolute Gasteiger partial charge is 0.168 e. The lowest BCUT2D eigenvalue weighted by molar-refractivity contribution is 0.401. The molecule has 0 aliphatic heterocycles. The van der Waals surface area contributed by atoms with Crippen LogP contribution in [0.3, 0.4) is 0 Å². The maximum atomic E-state index is 13.7. The van der Waals surface area contributed by atoms with Crippen molar-refractivity contribution in [2.75, 3.05) is 12.8 Å². The SMILES string of the molecule is COc1cc(Oc2cc(F)ccc2Br)c(F)cc1N. The molecule has 0 spiro atoms. The molecule has 0 amide bonds. The first kappa shape index (κ1) is 13.6. The summed E-state index contributed by atoms with van der Waals surface area (Å²) in [7, 11) is 1.41. The van der Waals surface area contributed by atoms with E-state index in [0.717, 1.165) is 12.1 Å². The van der Waals surface area contributed by atoms with Crippen LogP contribution in [0.25, 0.3) is 0 Å². The number of hydrogen-bond acceptors (Lipinski definition) is 3. The molecule has 2 rings (SSSR count). The van der Waals surface area contributed by atoms with Crippen molar-refractivity contribution in [3.05, 3.63) is 46.4 Å². The molecule has 0 aliphatic rings. The van der Waals surface area contributed by atoms with Gasteiger partial charge in [0, 0.05) is 18.2 Å². The fraction of sp³-hybridized carbons (Fsp3) is 0.0769. The normalized spacial score (nSPS) is 10.3. The number of nitrogen functional groups attached to an aromatic ring is 1. The first-order valence-corrected chi connectivity index (χ1v) is 6.06. The molecule has 19 heavy (non-hydrogen) atoms. The van der Waals surface area contributed by atoms with Crippen molar-refractivity contribution in [3.8, 4) is 17.2 Å². The van der Waals surface area contributed by atoms with E-state index in [4.69, 9.17) is 15.2 Å². The third-order valence-electron chi connectivity index (χ3n) is 2.40. The minimum absolute atomic E-state index is 0.0997. The van der Waals surface area contributed by atoms with Crippen molar-refractivity contribution in [1.82, 2.24) is 0 Å². The molecule has 2 aromatic rings. The van der Waals surface area contributed by atoms with Gasteiger partial charge in [0.1, 0.15) is 17.3 Å². The van der Waals surface area contributed by atoms with Gasteiger partial charge in [0.25, 0.3) is 0 Å². The fourth-order valence-electron chi connectivity index (χ4n) is 1.48. The quantitative estimate of drug-likeness (QED) is 0.862. The summed E-state index contributed by atoms with van der Waals surface area (Å²) in [4.78, 5) is 0. The van der Waals surface area contributed by atoms with Crippen LogP contribution in [-0.2, 0) is 0 Å². The predicted molar refractivity (Wildman–Crippen MR) is 71.5 cm³/mol. The topological polar surface area (TPSA) is 44.5 Å². The maximum Gasteiger partial charge on any atom is 0.168 e. The van der Waals surface area contributed by atoms with Gasteiger partial charge >= 0.3 is 0 Å². The highest BCUT2D eigenvalue weighted by Gasteiger charge is 2.12. The van der Waals surface area contributed by atoms with Crippen molar-refractivity contribution in [3.63, 3.8) is 0 Å². The Hall–Kier alpha value is -1.82. The highest BCUT2D eigenvalue weighted by Crippen LogP contribution is 2.35. The summed E-state index contributed by atoms with van der Waals surface area (Å²) in [6, 6.07) is 6.27. The van der Waals surface area contributed by atoms with Crippen molar-refractivity contribution < 1.29 is 18.3 Å². The third-order valence-corrected chi connectivity index (χ3v) is 3.05. The molecule has 100 valence electrons. The molecule has 0 fully saturated rings. The van der Waals surface area contributed by atoms with Gasteiger partial charge in [0.05, 0.1) is 17.3 Å². The van der Waals surface area contributed by atoms with E-state index in [-0.39, 0.29) is 22.9 Å². The van der Waals surface area contributed by atoms with Crippen LogP contribution in [0.15, 0.2) is 34.8 Å². The molecule has 6 heteroatoms. The summed E-state index contributed by atoms with van der Waals surface area (Å²) >= 11 is 3.19. The van der Waals surface area contributed by atoms with Crippen LogP contribution in [0.4, 0.5) is 14.5 Å². The summed E-state index contributed by atoms with van der Waals surface area (Å²) in [5, 5.41) is 0.